The molecule has 5 rings (SSSR count). The maximum Gasteiger partial charge on any atom is 0.303 e. The number of rotatable bonds is 6. The molecule has 32 heavy (non-hydrogen) atoms. The van der Waals surface area contributed by atoms with Crippen LogP contribution in [0.15, 0.2) is 54.6 Å². The van der Waals surface area contributed by atoms with E-state index in [0.717, 1.165) is 43.3 Å². The molecule has 3 aromatic carbocycles. The molecule has 1 unspecified atom stereocenters. The molecule has 4 nitrogen and oxygen atoms in total. The number of carboxylic acid groups (broad SMARTS) is 1. The van der Waals surface area contributed by atoms with Crippen molar-refractivity contribution in [2.45, 2.75) is 50.6 Å². The van der Waals surface area contributed by atoms with E-state index in [0.29, 0.717) is 11.4 Å². The fourth-order valence-electron chi connectivity index (χ4n) is 5.53. The number of carboxylic acids is 1. The molecule has 1 aliphatic carbocycles. The number of aliphatic carboxylic acids is 1. The second-order valence-electron chi connectivity index (χ2n) is 9.22. The number of fused-ring (bicyclic) bond motifs is 2. The minimum absolute atomic E-state index is 0.116. The Bertz CT molecular complexity index is 1160. The summed E-state index contributed by atoms with van der Waals surface area (Å²) in [6.07, 6.45) is 3.15. The van der Waals surface area contributed by atoms with Gasteiger partial charge in [-0.25, -0.2) is 4.39 Å². The molecule has 0 spiro atoms. The van der Waals surface area contributed by atoms with Gasteiger partial charge in [0.1, 0.15) is 5.82 Å². The molecule has 5 heteroatoms. The van der Waals surface area contributed by atoms with Crippen molar-refractivity contribution < 1.29 is 14.3 Å². The van der Waals surface area contributed by atoms with E-state index in [9.17, 15) is 14.3 Å². The normalized spacial score (nSPS) is 21.1. The number of anilines is 1. The van der Waals surface area contributed by atoms with Crippen LogP contribution in [-0.4, -0.2) is 30.2 Å². The lowest BCUT2D eigenvalue weighted by Crippen LogP contribution is -2.34. The van der Waals surface area contributed by atoms with Crippen molar-refractivity contribution in [3.8, 4) is 0 Å². The Morgan fingerprint density at radius 3 is 2.78 bits per heavy atom. The lowest BCUT2D eigenvalue weighted by Gasteiger charge is -2.23. The van der Waals surface area contributed by atoms with Crippen LogP contribution in [0.4, 0.5) is 10.1 Å². The third-order valence-corrected chi connectivity index (χ3v) is 7.16. The van der Waals surface area contributed by atoms with Crippen LogP contribution < -0.4 is 10.2 Å². The fourth-order valence-corrected chi connectivity index (χ4v) is 5.53. The van der Waals surface area contributed by atoms with Gasteiger partial charge in [0.2, 0.25) is 0 Å². The van der Waals surface area contributed by atoms with Gasteiger partial charge in [-0.1, -0.05) is 36.4 Å². The SMILES string of the molecule is CC(N[C@H]1CCN(c2ccc3c(c2)[C@H](CC(=O)O)CC3)C1)c1ccc(F)c2ccccc12. The van der Waals surface area contributed by atoms with E-state index >= 15 is 0 Å². The first-order chi connectivity index (χ1) is 15.5. The summed E-state index contributed by atoms with van der Waals surface area (Å²) in [6, 6.07) is 18.2. The molecule has 2 N–H and O–H groups in total. The molecular weight excluding hydrogens is 403 g/mol. The number of hydrogen-bond donors (Lipinski definition) is 2. The van der Waals surface area contributed by atoms with E-state index in [1.807, 2.05) is 30.3 Å². The minimum atomic E-state index is -0.721. The molecule has 3 aromatic rings. The lowest BCUT2D eigenvalue weighted by atomic mass is 9.97. The van der Waals surface area contributed by atoms with Crippen molar-refractivity contribution in [3.63, 3.8) is 0 Å². The Kier molecular flexibility index (Phi) is 5.60. The van der Waals surface area contributed by atoms with Crippen LogP contribution in [-0.2, 0) is 11.2 Å². The van der Waals surface area contributed by atoms with E-state index in [2.05, 4.69) is 35.3 Å². The molecule has 166 valence electrons. The molecule has 1 fully saturated rings. The zero-order valence-corrected chi connectivity index (χ0v) is 18.4. The number of carbonyl (C=O) groups is 1. The topological polar surface area (TPSA) is 52.6 Å². The van der Waals surface area contributed by atoms with Crippen LogP contribution >= 0.6 is 0 Å². The summed E-state index contributed by atoms with van der Waals surface area (Å²) in [5.41, 5.74) is 4.82. The number of nitrogens with one attached hydrogen (secondary N) is 1. The second-order valence-corrected chi connectivity index (χ2v) is 9.22. The summed E-state index contributed by atoms with van der Waals surface area (Å²) < 4.78 is 14.2. The summed E-state index contributed by atoms with van der Waals surface area (Å²) in [5, 5.41) is 14.6. The third kappa shape index (κ3) is 3.97. The Morgan fingerprint density at radius 1 is 1.16 bits per heavy atom. The number of nitrogens with zero attached hydrogens (tertiary/aromatic N) is 1. The minimum Gasteiger partial charge on any atom is -0.481 e. The van der Waals surface area contributed by atoms with Gasteiger partial charge < -0.3 is 15.3 Å². The highest BCUT2D eigenvalue weighted by molar-refractivity contribution is 5.86. The van der Waals surface area contributed by atoms with Crippen molar-refractivity contribution in [2.75, 3.05) is 18.0 Å². The Balaban J connectivity index is 1.29. The lowest BCUT2D eigenvalue weighted by molar-refractivity contribution is -0.137. The highest BCUT2D eigenvalue weighted by atomic mass is 19.1. The molecular formula is C27H29FN2O2. The van der Waals surface area contributed by atoms with Gasteiger partial charge in [0.15, 0.2) is 0 Å². The molecule has 0 bridgehead atoms. The first kappa shape index (κ1) is 21.0. The molecule has 1 heterocycles. The maximum absolute atomic E-state index is 14.2. The van der Waals surface area contributed by atoms with Crippen molar-refractivity contribution in [1.29, 1.82) is 0 Å². The Hall–Kier alpha value is -2.92. The van der Waals surface area contributed by atoms with Gasteiger partial charge in [-0.2, -0.15) is 0 Å². The number of aryl methyl sites for hydroxylation is 1. The zero-order valence-electron chi connectivity index (χ0n) is 18.4. The van der Waals surface area contributed by atoms with Crippen LogP contribution in [0.5, 0.6) is 0 Å². The summed E-state index contributed by atoms with van der Waals surface area (Å²) in [7, 11) is 0. The van der Waals surface area contributed by atoms with Crippen LogP contribution in [0.3, 0.4) is 0 Å². The second kappa shape index (κ2) is 8.55. The standard InChI is InChI=1S/C27H29FN2O2/c1-17(22-10-11-26(28)24-5-3-2-4-23(22)24)29-20-12-13-30(16-20)21-9-8-18-6-7-19(14-27(31)32)25(18)15-21/h2-5,8-11,15,17,19-20,29H,6-7,12-14,16H2,1H3,(H,31,32)/t17?,19-,20-/m0/s1. The number of benzene rings is 3. The Morgan fingerprint density at radius 2 is 1.97 bits per heavy atom. The van der Waals surface area contributed by atoms with E-state index in [1.165, 1.54) is 16.8 Å². The zero-order chi connectivity index (χ0) is 22.2. The molecule has 0 aromatic heterocycles. The smallest absolute Gasteiger partial charge is 0.303 e. The predicted molar refractivity (Wildman–Crippen MR) is 126 cm³/mol. The fraction of sp³-hybridized carbons (Fsp3) is 0.370. The van der Waals surface area contributed by atoms with E-state index < -0.39 is 5.97 Å². The van der Waals surface area contributed by atoms with Gasteiger partial charge in [-0.05, 0) is 72.4 Å². The molecule has 2 aliphatic rings. The number of halogens is 1. The van der Waals surface area contributed by atoms with Crippen molar-refractivity contribution in [2.24, 2.45) is 0 Å². The van der Waals surface area contributed by atoms with E-state index in [-0.39, 0.29) is 24.2 Å². The summed E-state index contributed by atoms with van der Waals surface area (Å²) in [5.74, 6) is -0.770. The maximum atomic E-state index is 14.2. The first-order valence-corrected chi connectivity index (χ1v) is 11.5. The monoisotopic (exact) mass is 432 g/mol. The van der Waals surface area contributed by atoms with E-state index in [1.54, 1.807) is 6.07 Å². The Labute approximate surface area is 188 Å². The molecule has 0 saturated carbocycles. The summed E-state index contributed by atoms with van der Waals surface area (Å²) >= 11 is 0. The van der Waals surface area contributed by atoms with E-state index in [4.69, 9.17) is 0 Å². The first-order valence-electron chi connectivity index (χ1n) is 11.5. The van der Waals surface area contributed by atoms with Gasteiger partial charge in [0, 0.05) is 36.2 Å². The molecule has 0 amide bonds. The van der Waals surface area contributed by atoms with Gasteiger partial charge in [-0.15, -0.1) is 0 Å². The molecule has 0 radical (unpaired) electrons. The van der Waals surface area contributed by atoms with Crippen molar-refractivity contribution in [3.05, 3.63) is 77.1 Å². The van der Waals surface area contributed by atoms with Crippen molar-refractivity contribution >= 4 is 22.4 Å². The average molecular weight is 433 g/mol. The van der Waals surface area contributed by atoms with Gasteiger partial charge in [0.05, 0.1) is 6.42 Å². The van der Waals surface area contributed by atoms with Crippen LogP contribution in [0.25, 0.3) is 10.8 Å². The van der Waals surface area contributed by atoms with Crippen LogP contribution in [0, 0.1) is 5.82 Å². The number of hydrogen-bond acceptors (Lipinski definition) is 3. The highest BCUT2D eigenvalue weighted by Crippen LogP contribution is 2.38. The highest BCUT2D eigenvalue weighted by Gasteiger charge is 2.28. The average Bonchev–Trinajstić information content (AvgIpc) is 3.41. The predicted octanol–water partition coefficient (Wildman–Crippen LogP) is 5.41. The summed E-state index contributed by atoms with van der Waals surface area (Å²) in [4.78, 5) is 13.6. The van der Waals surface area contributed by atoms with Gasteiger partial charge >= 0.3 is 5.97 Å². The molecule has 1 aliphatic heterocycles. The van der Waals surface area contributed by atoms with Crippen LogP contribution in [0.2, 0.25) is 0 Å². The van der Waals surface area contributed by atoms with Crippen LogP contribution in [0.1, 0.15) is 54.8 Å². The quantitative estimate of drug-likeness (QED) is 0.547. The third-order valence-electron chi connectivity index (χ3n) is 7.16. The van der Waals surface area contributed by atoms with Crippen molar-refractivity contribution in [1.82, 2.24) is 5.32 Å². The van der Waals surface area contributed by atoms with Gasteiger partial charge in [0.25, 0.3) is 0 Å². The van der Waals surface area contributed by atoms with Gasteiger partial charge in [-0.3, -0.25) is 4.79 Å². The largest absolute Gasteiger partial charge is 0.481 e. The molecule has 1 saturated heterocycles. The molecule has 3 atom stereocenters. The summed E-state index contributed by atoms with van der Waals surface area (Å²) in [6.45, 7) is 4.02.